The van der Waals surface area contributed by atoms with Crippen molar-refractivity contribution in [2.45, 2.75) is 13.3 Å². The summed E-state index contributed by atoms with van der Waals surface area (Å²) in [6.45, 7) is 1.88. The molecule has 88 valence electrons. The molecule has 0 radical (unpaired) electrons. The Morgan fingerprint density at radius 1 is 1.47 bits per heavy atom. The molecule has 2 aromatic rings. The Balaban J connectivity index is 2.84. The van der Waals surface area contributed by atoms with E-state index >= 15 is 0 Å². The van der Waals surface area contributed by atoms with Crippen molar-refractivity contribution >= 4 is 16.9 Å². The van der Waals surface area contributed by atoms with Crippen molar-refractivity contribution in [1.82, 2.24) is 4.98 Å². The first-order valence-electron chi connectivity index (χ1n) is 5.18. The molecule has 0 aliphatic carbocycles. The molecule has 0 saturated carbocycles. The number of rotatable bonds is 2. The maximum Gasteiger partial charge on any atom is 0.439 e. The van der Waals surface area contributed by atoms with Crippen molar-refractivity contribution in [3.63, 3.8) is 0 Å². The highest BCUT2D eigenvalue weighted by Gasteiger charge is 2.15. The zero-order chi connectivity index (χ0) is 12.4. The first kappa shape index (κ1) is 11.3. The second-order valence-corrected chi connectivity index (χ2v) is 3.45. The molecule has 5 heteroatoms. The molecule has 0 amide bonds. The van der Waals surface area contributed by atoms with Crippen molar-refractivity contribution in [3.05, 3.63) is 40.0 Å². The summed E-state index contributed by atoms with van der Waals surface area (Å²) < 4.78 is 9.63. The smallest absolute Gasteiger partial charge is 0.439 e. The van der Waals surface area contributed by atoms with Crippen molar-refractivity contribution in [1.29, 1.82) is 0 Å². The van der Waals surface area contributed by atoms with Crippen LogP contribution in [0.2, 0.25) is 0 Å². The molecular weight excluding hydrogens is 222 g/mol. The van der Waals surface area contributed by atoms with Gasteiger partial charge in [-0.15, -0.1) is 0 Å². The van der Waals surface area contributed by atoms with E-state index in [-0.39, 0.29) is 11.1 Å². The van der Waals surface area contributed by atoms with E-state index < -0.39 is 11.7 Å². The molecule has 2 rings (SSSR count). The summed E-state index contributed by atoms with van der Waals surface area (Å²) in [5, 5.41) is 0.662. The highest BCUT2D eigenvalue weighted by Crippen LogP contribution is 2.20. The molecule has 1 aromatic heterocycles. The second-order valence-electron chi connectivity index (χ2n) is 3.45. The average Bonchev–Trinajstić information content (AvgIpc) is 2.36. The lowest BCUT2D eigenvalue weighted by atomic mass is 10.1. The van der Waals surface area contributed by atoms with Crippen LogP contribution in [-0.4, -0.2) is 18.1 Å². The van der Waals surface area contributed by atoms with Crippen LogP contribution in [0.5, 0.6) is 0 Å². The Kier molecular flexibility index (Phi) is 2.91. The van der Waals surface area contributed by atoms with E-state index in [1.54, 1.807) is 18.2 Å². The van der Waals surface area contributed by atoms with Crippen LogP contribution >= 0.6 is 0 Å². The SMILES string of the molecule is CCc1nc(=O)oc2c(C(=O)OC)cccc12. The molecule has 0 spiro atoms. The lowest BCUT2D eigenvalue weighted by molar-refractivity contribution is 0.0601. The minimum Gasteiger partial charge on any atom is -0.465 e. The van der Waals surface area contributed by atoms with E-state index in [0.717, 1.165) is 0 Å². The lowest BCUT2D eigenvalue weighted by Crippen LogP contribution is -2.10. The number of aromatic nitrogens is 1. The van der Waals surface area contributed by atoms with Gasteiger partial charge < -0.3 is 9.15 Å². The molecule has 0 N–H and O–H groups in total. The molecule has 17 heavy (non-hydrogen) atoms. The third kappa shape index (κ3) is 1.91. The third-order valence-corrected chi connectivity index (χ3v) is 2.48. The summed E-state index contributed by atoms with van der Waals surface area (Å²) in [5.74, 6) is -1.24. The molecule has 1 aromatic carbocycles. The monoisotopic (exact) mass is 233 g/mol. The van der Waals surface area contributed by atoms with Crippen LogP contribution in [-0.2, 0) is 11.2 Å². The summed E-state index contributed by atoms with van der Waals surface area (Å²) in [7, 11) is 1.28. The number of fused-ring (bicyclic) bond motifs is 1. The zero-order valence-electron chi connectivity index (χ0n) is 9.52. The third-order valence-electron chi connectivity index (χ3n) is 2.48. The standard InChI is InChI=1S/C12H11NO4/c1-3-9-7-5-4-6-8(11(14)16-2)10(7)17-12(15)13-9/h4-6H,3H2,1-2H3. The van der Waals surface area contributed by atoms with E-state index in [0.29, 0.717) is 17.5 Å². The fourth-order valence-electron chi connectivity index (χ4n) is 1.69. The molecule has 1 heterocycles. The number of hydrogen-bond donors (Lipinski definition) is 0. The number of nitrogens with zero attached hydrogens (tertiary/aromatic N) is 1. The Labute approximate surface area is 97.0 Å². The average molecular weight is 233 g/mol. The topological polar surface area (TPSA) is 69.4 Å². The Bertz CT molecular complexity index is 630. The molecule has 0 unspecified atom stereocenters. The highest BCUT2D eigenvalue weighted by atomic mass is 16.5. The largest absolute Gasteiger partial charge is 0.465 e. The van der Waals surface area contributed by atoms with Crippen molar-refractivity contribution in [3.8, 4) is 0 Å². The molecule has 0 fully saturated rings. The minimum atomic E-state index is -0.703. The van der Waals surface area contributed by atoms with Crippen LogP contribution in [0, 0.1) is 0 Å². The van der Waals surface area contributed by atoms with E-state index in [4.69, 9.17) is 4.42 Å². The fraction of sp³-hybridized carbons (Fsp3) is 0.250. The molecule has 0 atom stereocenters. The summed E-state index contributed by atoms with van der Waals surface area (Å²) >= 11 is 0. The number of benzene rings is 1. The van der Waals surface area contributed by atoms with Crippen molar-refractivity contribution < 1.29 is 13.9 Å². The summed E-state index contributed by atoms with van der Waals surface area (Å²) in [5.41, 5.74) is 1.08. The second kappa shape index (κ2) is 4.37. The number of hydrogen-bond acceptors (Lipinski definition) is 5. The van der Waals surface area contributed by atoms with E-state index in [1.807, 2.05) is 6.92 Å². The predicted octanol–water partition coefficient (Wildman–Crippen LogP) is 1.54. The van der Waals surface area contributed by atoms with Gasteiger partial charge in [-0.1, -0.05) is 13.0 Å². The van der Waals surface area contributed by atoms with Gasteiger partial charge in [0.1, 0.15) is 5.56 Å². The Hall–Kier alpha value is -2.17. The van der Waals surface area contributed by atoms with Crippen LogP contribution in [0.3, 0.4) is 0 Å². The van der Waals surface area contributed by atoms with Crippen molar-refractivity contribution in [2.75, 3.05) is 7.11 Å². The summed E-state index contributed by atoms with van der Waals surface area (Å²) in [6, 6.07) is 5.02. The van der Waals surface area contributed by atoms with Crippen LogP contribution in [0.25, 0.3) is 11.0 Å². The van der Waals surface area contributed by atoms with E-state index in [9.17, 15) is 9.59 Å². The number of methoxy groups -OCH3 is 1. The van der Waals surface area contributed by atoms with Gasteiger partial charge in [-0.25, -0.2) is 9.59 Å². The van der Waals surface area contributed by atoms with Gasteiger partial charge in [0, 0.05) is 5.39 Å². The van der Waals surface area contributed by atoms with Gasteiger partial charge in [-0.2, -0.15) is 4.98 Å². The van der Waals surface area contributed by atoms with Crippen molar-refractivity contribution in [2.24, 2.45) is 0 Å². The molecule has 5 nitrogen and oxygen atoms in total. The first-order valence-corrected chi connectivity index (χ1v) is 5.18. The van der Waals surface area contributed by atoms with Gasteiger partial charge in [-0.3, -0.25) is 0 Å². The molecule has 0 bridgehead atoms. The zero-order valence-corrected chi connectivity index (χ0v) is 9.52. The number of ether oxygens (including phenoxy) is 1. The number of esters is 1. The normalized spacial score (nSPS) is 10.5. The molecule has 0 saturated heterocycles. The van der Waals surface area contributed by atoms with Gasteiger partial charge in [0.25, 0.3) is 0 Å². The van der Waals surface area contributed by atoms with Crippen LogP contribution in [0.1, 0.15) is 23.0 Å². The number of carbonyl (C=O) groups excluding carboxylic acids is 1. The number of para-hydroxylation sites is 1. The fourth-order valence-corrected chi connectivity index (χ4v) is 1.69. The Morgan fingerprint density at radius 3 is 2.88 bits per heavy atom. The van der Waals surface area contributed by atoms with Crippen LogP contribution < -0.4 is 5.76 Å². The molecule has 0 aliphatic heterocycles. The summed E-state index contributed by atoms with van der Waals surface area (Å²) in [4.78, 5) is 26.6. The van der Waals surface area contributed by atoms with E-state index in [1.165, 1.54) is 7.11 Å². The maximum atomic E-state index is 11.5. The van der Waals surface area contributed by atoms with Gasteiger partial charge in [0.05, 0.1) is 12.8 Å². The first-order chi connectivity index (χ1) is 8.17. The maximum absolute atomic E-state index is 11.5. The quantitative estimate of drug-likeness (QED) is 0.736. The summed E-state index contributed by atoms with van der Waals surface area (Å²) in [6.07, 6.45) is 0.590. The highest BCUT2D eigenvalue weighted by molar-refractivity contribution is 6.02. The van der Waals surface area contributed by atoms with Crippen LogP contribution in [0.15, 0.2) is 27.4 Å². The predicted molar refractivity (Wildman–Crippen MR) is 61.0 cm³/mol. The number of aryl methyl sites for hydroxylation is 1. The number of carbonyl (C=O) groups is 1. The van der Waals surface area contributed by atoms with E-state index in [2.05, 4.69) is 9.72 Å². The van der Waals surface area contributed by atoms with Gasteiger partial charge in [0.2, 0.25) is 0 Å². The van der Waals surface area contributed by atoms with Gasteiger partial charge >= 0.3 is 11.7 Å². The lowest BCUT2D eigenvalue weighted by Gasteiger charge is -2.05. The van der Waals surface area contributed by atoms with Gasteiger partial charge in [-0.05, 0) is 18.6 Å². The molecular formula is C12H11NO4. The van der Waals surface area contributed by atoms with Gasteiger partial charge in [0.15, 0.2) is 5.58 Å². The Morgan fingerprint density at radius 2 is 2.24 bits per heavy atom. The molecule has 0 aliphatic rings. The van der Waals surface area contributed by atoms with Crippen LogP contribution in [0.4, 0.5) is 0 Å². The minimum absolute atomic E-state index is 0.233.